The van der Waals surface area contributed by atoms with Crippen molar-refractivity contribution >= 4 is 17.4 Å². The van der Waals surface area contributed by atoms with Crippen molar-refractivity contribution in [3.05, 3.63) is 53.6 Å². The second-order valence-electron chi connectivity index (χ2n) is 4.89. The molecule has 1 atom stereocenters. The summed E-state index contributed by atoms with van der Waals surface area (Å²) in [6, 6.07) is 14.4. The Labute approximate surface area is 118 Å². The Morgan fingerprint density at radius 3 is 2.95 bits per heavy atom. The number of fused-ring (bicyclic) bond motifs is 1. The predicted molar refractivity (Wildman–Crippen MR) is 80.9 cm³/mol. The Morgan fingerprint density at radius 1 is 1.26 bits per heavy atom. The summed E-state index contributed by atoms with van der Waals surface area (Å²) in [6.45, 7) is 2.77. The van der Waals surface area contributed by atoms with E-state index in [1.54, 1.807) is 0 Å². The zero-order valence-electron chi connectivity index (χ0n) is 10.9. The first-order chi connectivity index (χ1) is 9.22. The van der Waals surface area contributed by atoms with E-state index in [9.17, 15) is 0 Å². The molecule has 19 heavy (non-hydrogen) atoms. The van der Waals surface area contributed by atoms with Crippen LogP contribution >= 0.6 is 11.8 Å². The molecule has 3 rings (SSSR count). The molecule has 0 amide bonds. The fraction of sp³-hybridized carbons (Fsp3) is 0.250. The van der Waals surface area contributed by atoms with Crippen LogP contribution in [0.2, 0.25) is 0 Å². The van der Waals surface area contributed by atoms with Crippen LogP contribution in [0.25, 0.3) is 0 Å². The summed E-state index contributed by atoms with van der Waals surface area (Å²) < 4.78 is 5.93. The van der Waals surface area contributed by atoms with E-state index >= 15 is 0 Å². The number of hydrogen-bond acceptors (Lipinski definition) is 3. The number of benzene rings is 2. The third-order valence-corrected chi connectivity index (χ3v) is 4.64. The minimum absolute atomic E-state index is 0.498. The lowest BCUT2D eigenvalue weighted by molar-refractivity contribution is 0.315. The number of hydrogen-bond donors (Lipinski definition) is 1. The largest absolute Gasteiger partial charge is 0.492 e. The fourth-order valence-electron chi connectivity index (χ4n) is 2.30. The third kappa shape index (κ3) is 2.71. The van der Waals surface area contributed by atoms with Gasteiger partial charge in [0, 0.05) is 21.9 Å². The average Bonchev–Trinajstić information content (AvgIpc) is 2.82. The monoisotopic (exact) mass is 271 g/mol. The van der Waals surface area contributed by atoms with Crippen molar-refractivity contribution in [2.75, 3.05) is 12.3 Å². The van der Waals surface area contributed by atoms with Crippen LogP contribution in [-0.4, -0.2) is 11.9 Å². The number of ether oxygens (including phenoxy) is 1. The van der Waals surface area contributed by atoms with Gasteiger partial charge in [0.25, 0.3) is 0 Å². The smallest absolute Gasteiger partial charge is 0.124 e. The molecule has 3 heteroatoms. The van der Waals surface area contributed by atoms with Gasteiger partial charge in [0.2, 0.25) is 0 Å². The van der Waals surface area contributed by atoms with E-state index in [0.29, 0.717) is 5.25 Å². The van der Waals surface area contributed by atoms with Crippen molar-refractivity contribution in [3.8, 4) is 5.75 Å². The highest BCUT2D eigenvalue weighted by Crippen LogP contribution is 2.37. The van der Waals surface area contributed by atoms with Crippen LogP contribution in [0.3, 0.4) is 0 Å². The molecule has 0 saturated heterocycles. The molecule has 2 aromatic rings. The Morgan fingerprint density at radius 2 is 2.11 bits per heavy atom. The van der Waals surface area contributed by atoms with Crippen LogP contribution in [0.1, 0.15) is 11.1 Å². The average molecular weight is 271 g/mol. The fourth-order valence-corrected chi connectivity index (χ4v) is 3.52. The van der Waals surface area contributed by atoms with Crippen molar-refractivity contribution in [1.29, 1.82) is 0 Å². The van der Waals surface area contributed by atoms with Crippen molar-refractivity contribution in [1.82, 2.24) is 0 Å². The van der Waals surface area contributed by atoms with Crippen molar-refractivity contribution in [2.45, 2.75) is 23.5 Å². The highest BCUT2D eigenvalue weighted by Gasteiger charge is 2.22. The number of rotatable bonds is 3. The molecule has 2 aromatic carbocycles. The van der Waals surface area contributed by atoms with Gasteiger partial charge in [-0.3, -0.25) is 0 Å². The molecule has 0 saturated carbocycles. The molecule has 98 valence electrons. The first kappa shape index (κ1) is 12.4. The summed E-state index contributed by atoms with van der Waals surface area (Å²) in [7, 11) is 0. The molecule has 1 heterocycles. The molecule has 0 radical (unpaired) electrons. The Bertz CT molecular complexity index is 572. The molecule has 0 spiro atoms. The second-order valence-corrected chi connectivity index (χ2v) is 6.23. The van der Waals surface area contributed by atoms with E-state index in [0.717, 1.165) is 30.0 Å². The van der Waals surface area contributed by atoms with Gasteiger partial charge in [-0.05, 0) is 36.6 Å². The number of aryl methyl sites for hydroxylation is 1. The molecule has 0 bridgehead atoms. The summed E-state index contributed by atoms with van der Waals surface area (Å²) in [5.74, 6) is 0.900. The zero-order valence-corrected chi connectivity index (χ0v) is 11.7. The van der Waals surface area contributed by atoms with E-state index in [1.807, 2.05) is 36.9 Å². The molecule has 0 fully saturated rings. The van der Waals surface area contributed by atoms with E-state index in [4.69, 9.17) is 10.5 Å². The minimum Gasteiger partial charge on any atom is -0.492 e. The highest BCUT2D eigenvalue weighted by molar-refractivity contribution is 8.00. The van der Waals surface area contributed by atoms with Crippen LogP contribution in [0.4, 0.5) is 5.69 Å². The summed E-state index contributed by atoms with van der Waals surface area (Å²) in [4.78, 5) is 1.39. The predicted octanol–water partition coefficient (Wildman–Crippen LogP) is 3.67. The standard InChI is InChI=1S/C16H17NOS/c1-11-6-7-13(17)9-15(11)18-10-14-8-12-4-2-3-5-16(12)19-14/h2-7,9,14H,8,10,17H2,1H3. The molecule has 0 aromatic heterocycles. The van der Waals surface area contributed by atoms with E-state index < -0.39 is 0 Å². The minimum atomic E-state index is 0.498. The van der Waals surface area contributed by atoms with E-state index in [2.05, 4.69) is 24.3 Å². The molecule has 1 aliphatic rings. The summed E-state index contributed by atoms with van der Waals surface area (Å²) >= 11 is 1.91. The lowest BCUT2D eigenvalue weighted by Gasteiger charge is -2.13. The molecular weight excluding hydrogens is 254 g/mol. The SMILES string of the molecule is Cc1ccc(N)cc1OCC1Cc2ccccc2S1. The Kier molecular flexibility index (Phi) is 3.38. The van der Waals surface area contributed by atoms with Gasteiger partial charge in [-0.15, -0.1) is 11.8 Å². The number of nitrogens with two attached hydrogens (primary N) is 1. The number of thioether (sulfide) groups is 1. The van der Waals surface area contributed by atoms with Gasteiger partial charge in [0.05, 0.1) is 0 Å². The first-order valence-corrected chi connectivity index (χ1v) is 7.34. The maximum atomic E-state index is 5.93. The second kappa shape index (κ2) is 5.17. The summed E-state index contributed by atoms with van der Waals surface area (Å²) in [5, 5.41) is 0.498. The zero-order chi connectivity index (χ0) is 13.2. The van der Waals surface area contributed by atoms with Crippen molar-refractivity contribution < 1.29 is 4.74 Å². The third-order valence-electron chi connectivity index (χ3n) is 3.35. The molecule has 1 unspecified atom stereocenters. The maximum absolute atomic E-state index is 5.93. The maximum Gasteiger partial charge on any atom is 0.124 e. The summed E-state index contributed by atoms with van der Waals surface area (Å²) in [5.41, 5.74) is 9.12. The molecule has 1 aliphatic heterocycles. The Balaban J connectivity index is 1.64. The lowest BCUT2D eigenvalue weighted by atomic mass is 10.1. The molecular formula is C16H17NOS. The molecule has 0 aliphatic carbocycles. The highest BCUT2D eigenvalue weighted by atomic mass is 32.2. The quantitative estimate of drug-likeness (QED) is 0.865. The molecule has 2 N–H and O–H groups in total. The summed E-state index contributed by atoms with van der Waals surface area (Å²) in [6.07, 6.45) is 1.09. The van der Waals surface area contributed by atoms with Gasteiger partial charge < -0.3 is 10.5 Å². The van der Waals surface area contributed by atoms with Gasteiger partial charge >= 0.3 is 0 Å². The lowest BCUT2D eigenvalue weighted by Crippen LogP contribution is -2.14. The Hall–Kier alpha value is -1.61. The van der Waals surface area contributed by atoms with Crippen LogP contribution in [0.15, 0.2) is 47.4 Å². The van der Waals surface area contributed by atoms with Gasteiger partial charge in [-0.2, -0.15) is 0 Å². The number of nitrogen functional groups attached to an aromatic ring is 1. The van der Waals surface area contributed by atoms with Crippen LogP contribution in [-0.2, 0) is 6.42 Å². The van der Waals surface area contributed by atoms with E-state index in [-0.39, 0.29) is 0 Å². The van der Waals surface area contributed by atoms with Gasteiger partial charge in [-0.1, -0.05) is 24.3 Å². The van der Waals surface area contributed by atoms with Crippen molar-refractivity contribution in [3.63, 3.8) is 0 Å². The van der Waals surface area contributed by atoms with E-state index in [1.165, 1.54) is 10.5 Å². The first-order valence-electron chi connectivity index (χ1n) is 6.46. The van der Waals surface area contributed by atoms with Gasteiger partial charge in [0.15, 0.2) is 0 Å². The topological polar surface area (TPSA) is 35.2 Å². The van der Waals surface area contributed by atoms with Crippen molar-refractivity contribution in [2.24, 2.45) is 0 Å². The van der Waals surface area contributed by atoms with Gasteiger partial charge in [-0.25, -0.2) is 0 Å². The van der Waals surface area contributed by atoms with Crippen LogP contribution in [0.5, 0.6) is 5.75 Å². The number of anilines is 1. The van der Waals surface area contributed by atoms with Gasteiger partial charge in [0.1, 0.15) is 12.4 Å². The van der Waals surface area contributed by atoms with Crippen LogP contribution < -0.4 is 10.5 Å². The molecule has 2 nitrogen and oxygen atoms in total. The normalized spacial score (nSPS) is 17.2. The van der Waals surface area contributed by atoms with Crippen LogP contribution in [0, 0.1) is 6.92 Å².